The van der Waals surface area contributed by atoms with E-state index in [9.17, 15) is 0 Å². The molecule has 0 aliphatic rings. The van der Waals surface area contributed by atoms with E-state index in [-0.39, 0.29) is 0 Å². The Bertz CT molecular complexity index is 393. The Kier molecular flexibility index (Phi) is 7.08. The van der Waals surface area contributed by atoms with Crippen LogP contribution in [0.25, 0.3) is 0 Å². The third kappa shape index (κ3) is 6.06. The molecule has 20 heavy (non-hydrogen) atoms. The van der Waals surface area contributed by atoms with Gasteiger partial charge in [0, 0.05) is 25.2 Å². The third-order valence-corrected chi connectivity index (χ3v) is 3.17. The molecule has 0 amide bonds. The minimum absolute atomic E-state index is 0.299. The number of nitrogens with two attached hydrogens (primary N) is 1. The highest BCUT2D eigenvalue weighted by atomic mass is 15.1. The van der Waals surface area contributed by atoms with Crippen molar-refractivity contribution in [1.82, 2.24) is 14.9 Å². The Balaban J connectivity index is 2.41. The highest BCUT2D eigenvalue weighted by molar-refractivity contribution is 5.50. The summed E-state index contributed by atoms with van der Waals surface area (Å²) in [5.41, 5.74) is 5.71. The van der Waals surface area contributed by atoms with Gasteiger partial charge in [-0.2, -0.15) is 9.97 Å². The van der Waals surface area contributed by atoms with Crippen molar-refractivity contribution in [1.29, 1.82) is 0 Å². The molecule has 0 saturated carbocycles. The summed E-state index contributed by atoms with van der Waals surface area (Å²) in [6.07, 6.45) is 2.12. The lowest BCUT2D eigenvalue weighted by atomic mass is 10.3. The molecule has 1 aromatic heterocycles. The summed E-state index contributed by atoms with van der Waals surface area (Å²) in [7, 11) is 2.14. The molecule has 1 rings (SSSR count). The molecule has 6 heteroatoms. The van der Waals surface area contributed by atoms with Crippen LogP contribution in [0, 0.1) is 0 Å². The van der Waals surface area contributed by atoms with Gasteiger partial charge < -0.3 is 21.3 Å². The van der Waals surface area contributed by atoms with Crippen LogP contribution in [0.5, 0.6) is 0 Å². The number of aromatic nitrogens is 2. The third-order valence-electron chi connectivity index (χ3n) is 3.17. The molecule has 0 saturated heterocycles. The molecule has 0 bridgehead atoms. The average molecular weight is 280 g/mol. The summed E-state index contributed by atoms with van der Waals surface area (Å²) < 4.78 is 0. The van der Waals surface area contributed by atoms with Crippen molar-refractivity contribution in [2.75, 3.05) is 43.0 Å². The maximum atomic E-state index is 5.71. The molecule has 1 aromatic rings. The second kappa shape index (κ2) is 8.58. The SMILES string of the molecule is CCCNc1cc(NCCCN(C)C(C)C)nc(N)n1. The highest BCUT2D eigenvalue weighted by Crippen LogP contribution is 2.12. The summed E-state index contributed by atoms with van der Waals surface area (Å²) in [4.78, 5) is 10.7. The van der Waals surface area contributed by atoms with Crippen molar-refractivity contribution < 1.29 is 0 Å². The lowest BCUT2D eigenvalue weighted by Crippen LogP contribution is -2.28. The van der Waals surface area contributed by atoms with Gasteiger partial charge in [-0.3, -0.25) is 0 Å². The van der Waals surface area contributed by atoms with E-state index in [1.807, 2.05) is 6.07 Å². The molecule has 4 N–H and O–H groups in total. The van der Waals surface area contributed by atoms with E-state index in [0.717, 1.165) is 44.1 Å². The van der Waals surface area contributed by atoms with E-state index >= 15 is 0 Å². The van der Waals surface area contributed by atoms with E-state index in [1.165, 1.54) is 0 Å². The van der Waals surface area contributed by atoms with Gasteiger partial charge in [0.15, 0.2) is 0 Å². The number of nitrogens with one attached hydrogen (secondary N) is 2. The van der Waals surface area contributed by atoms with Crippen LogP contribution in [0.3, 0.4) is 0 Å². The minimum atomic E-state index is 0.299. The molecule has 114 valence electrons. The average Bonchev–Trinajstić information content (AvgIpc) is 2.40. The van der Waals surface area contributed by atoms with Crippen LogP contribution in [0.4, 0.5) is 17.6 Å². The molecule has 0 aliphatic carbocycles. The number of hydrogen-bond donors (Lipinski definition) is 3. The maximum absolute atomic E-state index is 5.71. The van der Waals surface area contributed by atoms with Crippen molar-refractivity contribution in [2.45, 2.75) is 39.7 Å². The summed E-state index contributed by atoms with van der Waals surface area (Å²) >= 11 is 0. The van der Waals surface area contributed by atoms with E-state index in [4.69, 9.17) is 5.73 Å². The van der Waals surface area contributed by atoms with Crippen LogP contribution in [0.2, 0.25) is 0 Å². The van der Waals surface area contributed by atoms with Crippen molar-refractivity contribution >= 4 is 17.6 Å². The zero-order valence-electron chi connectivity index (χ0n) is 13.1. The molecule has 0 radical (unpaired) electrons. The smallest absolute Gasteiger partial charge is 0.223 e. The van der Waals surface area contributed by atoms with Crippen LogP contribution in [0.15, 0.2) is 6.07 Å². The molecule has 0 fully saturated rings. The molecule has 1 heterocycles. The summed E-state index contributed by atoms with van der Waals surface area (Å²) in [6.45, 7) is 9.33. The van der Waals surface area contributed by atoms with Crippen molar-refractivity contribution in [2.24, 2.45) is 0 Å². The molecule has 6 nitrogen and oxygen atoms in total. The molecule has 0 unspecified atom stereocenters. The number of nitrogens with zero attached hydrogens (tertiary/aromatic N) is 3. The first kappa shape index (κ1) is 16.5. The summed E-state index contributed by atoms with van der Waals surface area (Å²) in [6, 6.07) is 2.48. The van der Waals surface area contributed by atoms with Gasteiger partial charge in [-0.15, -0.1) is 0 Å². The summed E-state index contributed by atoms with van der Waals surface area (Å²) in [5, 5.41) is 6.52. The predicted octanol–water partition coefficient (Wildman–Crippen LogP) is 2.02. The quantitative estimate of drug-likeness (QED) is 0.601. The topological polar surface area (TPSA) is 79.1 Å². The van der Waals surface area contributed by atoms with Crippen molar-refractivity contribution in [3.63, 3.8) is 0 Å². The van der Waals surface area contributed by atoms with E-state index < -0.39 is 0 Å². The van der Waals surface area contributed by atoms with Gasteiger partial charge in [0.1, 0.15) is 11.6 Å². The number of rotatable bonds is 9. The number of hydrogen-bond acceptors (Lipinski definition) is 6. The van der Waals surface area contributed by atoms with Gasteiger partial charge in [-0.25, -0.2) is 0 Å². The lowest BCUT2D eigenvalue weighted by Gasteiger charge is -2.20. The fourth-order valence-electron chi connectivity index (χ4n) is 1.70. The minimum Gasteiger partial charge on any atom is -0.370 e. The van der Waals surface area contributed by atoms with Crippen LogP contribution in [-0.2, 0) is 0 Å². The molecular weight excluding hydrogens is 252 g/mol. The van der Waals surface area contributed by atoms with Crippen LogP contribution >= 0.6 is 0 Å². The van der Waals surface area contributed by atoms with E-state index in [0.29, 0.717) is 12.0 Å². The number of anilines is 3. The Labute approximate surface area is 122 Å². The second-order valence-electron chi connectivity index (χ2n) is 5.28. The normalized spacial score (nSPS) is 11.1. The highest BCUT2D eigenvalue weighted by Gasteiger charge is 2.04. The fraction of sp³-hybridized carbons (Fsp3) is 0.714. The van der Waals surface area contributed by atoms with Crippen LogP contribution in [0.1, 0.15) is 33.6 Å². The van der Waals surface area contributed by atoms with E-state index in [2.05, 4.69) is 53.3 Å². The molecule has 0 aromatic carbocycles. The van der Waals surface area contributed by atoms with Crippen LogP contribution < -0.4 is 16.4 Å². The monoisotopic (exact) mass is 280 g/mol. The van der Waals surface area contributed by atoms with Crippen LogP contribution in [-0.4, -0.2) is 47.6 Å². The van der Waals surface area contributed by atoms with Gasteiger partial charge in [0.25, 0.3) is 0 Å². The Morgan fingerprint density at radius 1 is 1.20 bits per heavy atom. The van der Waals surface area contributed by atoms with Gasteiger partial charge in [0.2, 0.25) is 5.95 Å². The lowest BCUT2D eigenvalue weighted by molar-refractivity contribution is 0.273. The zero-order valence-corrected chi connectivity index (χ0v) is 13.1. The standard InChI is InChI=1S/C14H28N6/c1-5-7-16-12-10-13(19-14(15)18-12)17-8-6-9-20(4)11(2)3/h10-11H,5-9H2,1-4H3,(H4,15,16,17,18,19). The fourth-order valence-corrected chi connectivity index (χ4v) is 1.70. The Morgan fingerprint density at radius 3 is 2.35 bits per heavy atom. The first-order chi connectivity index (χ1) is 9.52. The van der Waals surface area contributed by atoms with Gasteiger partial charge >= 0.3 is 0 Å². The summed E-state index contributed by atoms with van der Waals surface area (Å²) in [5.74, 6) is 1.86. The number of nitrogen functional groups attached to an aromatic ring is 1. The zero-order chi connectivity index (χ0) is 15.0. The molecule has 0 atom stereocenters. The van der Waals surface area contributed by atoms with Gasteiger partial charge in [-0.1, -0.05) is 6.92 Å². The van der Waals surface area contributed by atoms with E-state index in [1.54, 1.807) is 0 Å². The molecule has 0 aliphatic heterocycles. The first-order valence-corrected chi connectivity index (χ1v) is 7.35. The Morgan fingerprint density at radius 2 is 1.80 bits per heavy atom. The van der Waals surface area contributed by atoms with Gasteiger partial charge in [0.05, 0.1) is 0 Å². The maximum Gasteiger partial charge on any atom is 0.223 e. The largest absolute Gasteiger partial charge is 0.370 e. The van der Waals surface area contributed by atoms with Crippen molar-refractivity contribution in [3.05, 3.63) is 6.07 Å². The predicted molar refractivity (Wildman–Crippen MR) is 86.1 cm³/mol. The molecular formula is C14H28N6. The first-order valence-electron chi connectivity index (χ1n) is 7.35. The molecule has 0 spiro atoms. The van der Waals surface area contributed by atoms with Gasteiger partial charge in [-0.05, 0) is 40.3 Å². The van der Waals surface area contributed by atoms with Crippen molar-refractivity contribution in [3.8, 4) is 0 Å². The second-order valence-corrected chi connectivity index (χ2v) is 5.28. The Hall–Kier alpha value is -1.56.